The molecule has 0 atom stereocenters. The lowest BCUT2D eigenvalue weighted by atomic mass is 10.2. The fourth-order valence-electron chi connectivity index (χ4n) is 2.97. The van der Waals surface area contributed by atoms with Crippen LogP contribution in [0.25, 0.3) is 0 Å². The summed E-state index contributed by atoms with van der Waals surface area (Å²) in [6, 6.07) is 34.6. The van der Waals surface area contributed by atoms with E-state index in [-0.39, 0.29) is 22.2 Å². The minimum absolute atomic E-state index is 0.0937. The quantitative estimate of drug-likeness (QED) is 0.266. The Kier molecular flexibility index (Phi) is 5.63. The summed E-state index contributed by atoms with van der Waals surface area (Å²) >= 11 is 0. The highest BCUT2D eigenvalue weighted by atomic mass is 32.2. The second-order valence-corrected chi connectivity index (χ2v) is 8.34. The van der Waals surface area contributed by atoms with E-state index >= 15 is 0 Å². The molecule has 0 amide bonds. The van der Waals surface area contributed by atoms with Gasteiger partial charge in [-0.15, -0.1) is 0 Å². The molecule has 0 aliphatic carbocycles. The van der Waals surface area contributed by atoms with Crippen molar-refractivity contribution >= 4 is 16.9 Å². The molecule has 0 aliphatic heterocycles. The Balaban J connectivity index is 1.61. The highest BCUT2D eigenvalue weighted by Crippen LogP contribution is 2.32. The molecule has 0 saturated heterocycles. The van der Waals surface area contributed by atoms with Gasteiger partial charge in [0.25, 0.3) is 0 Å². The van der Waals surface area contributed by atoms with Gasteiger partial charge in [-0.25, -0.2) is 4.79 Å². The molecule has 142 valence electrons. The minimum Gasteiger partial charge on any atom is -0.507 e. The van der Waals surface area contributed by atoms with Crippen LogP contribution in [0.1, 0.15) is 10.4 Å². The Morgan fingerprint density at radius 3 is 1.66 bits per heavy atom. The number of carbonyl (C=O) groups excluding carboxylic acids is 1. The summed E-state index contributed by atoms with van der Waals surface area (Å²) < 4.78 is 5.43. The van der Waals surface area contributed by atoms with Crippen molar-refractivity contribution in [2.24, 2.45) is 0 Å². The zero-order chi connectivity index (χ0) is 20.1. The van der Waals surface area contributed by atoms with Gasteiger partial charge in [0, 0.05) is 0 Å². The van der Waals surface area contributed by atoms with Crippen LogP contribution in [0.5, 0.6) is 11.5 Å². The maximum absolute atomic E-state index is 12.3. The van der Waals surface area contributed by atoms with Crippen LogP contribution < -0.4 is 4.74 Å². The summed E-state index contributed by atoms with van der Waals surface area (Å²) in [7, 11) is -0.256. The monoisotopic (exact) mass is 399 g/mol. The van der Waals surface area contributed by atoms with Crippen LogP contribution in [-0.2, 0) is 10.9 Å². The average molecular weight is 399 g/mol. The van der Waals surface area contributed by atoms with Crippen LogP contribution in [0, 0.1) is 0 Å². The zero-order valence-electron chi connectivity index (χ0n) is 15.6. The number of ether oxygens (including phenoxy) is 1. The van der Waals surface area contributed by atoms with Crippen molar-refractivity contribution in [1.29, 1.82) is 0 Å². The van der Waals surface area contributed by atoms with E-state index in [0.29, 0.717) is 5.75 Å². The summed E-state index contributed by atoms with van der Waals surface area (Å²) in [5, 5.41) is 9.83. The SMILES string of the molecule is O=C(Oc1ccc([S+](c2ccccc2)c2ccccc2)cc1)c1ccccc1O. The lowest BCUT2D eigenvalue weighted by molar-refractivity contribution is 0.0731. The molecule has 0 spiro atoms. The molecule has 0 fully saturated rings. The van der Waals surface area contributed by atoms with Crippen molar-refractivity contribution in [2.75, 3.05) is 0 Å². The van der Waals surface area contributed by atoms with Gasteiger partial charge >= 0.3 is 5.97 Å². The highest BCUT2D eigenvalue weighted by Gasteiger charge is 2.28. The van der Waals surface area contributed by atoms with E-state index in [1.807, 2.05) is 48.5 Å². The first-order chi connectivity index (χ1) is 14.2. The van der Waals surface area contributed by atoms with Gasteiger partial charge in [-0.1, -0.05) is 48.5 Å². The maximum atomic E-state index is 12.3. The van der Waals surface area contributed by atoms with Crippen molar-refractivity contribution < 1.29 is 14.6 Å². The normalized spacial score (nSPS) is 10.7. The fraction of sp³-hybridized carbons (Fsp3) is 0. The first-order valence-corrected chi connectivity index (χ1v) is 10.4. The second-order valence-electron chi connectivity index (χ2n) is 6.31. The van der Waals surface area contributed by atoms with E-state index in [9.17, 15) is 9.90 Å². The number of para-hydroxylation sites is 1. The molecule has 0 radical (unpaired) electrons. The number of carbonyl (C=O) groups is 1. The largest absolute Gasteiger partial charge is 0.507 e. The Morgan fingerprint density at radius 1 is 0.621 bits per heavy atom. The van der Waals surface area contributed by atoms with Gasteiger partial charge in [0.05, 0.1) is 10.9 Å². The van der Waals surface area contributed by atoms with Crippen LogP contribution in [0.4, 0.5) is 0 Å². The number of rotatable bonds is 5. The Morgan fingerprint density at radius 2 is 1.10 bits per heavy atom. The van der Waals surface area contributed by atoms with E-state index in [4.69, 9.17) is 4.74 Å². The van der Waals surface area contributed by atoms with E-state index in [2.05, 4.69) is 24.3 Å². The standard InChI is InChI=1S/C25H18O3S/c26-24-14-8-7-13-23(24)25(27)28-19-15-17-22(18-16-19)29(20-9-3-1-4-10-20)21-11-5-2-6-12-21/h1-18H/p+1. The smallest absolute Gasteiger partial charge is 0.347 e. The first-order valence-electron chi connectivity index (χ1n) is 9.17. The molecule has 4 aromatic carbocycles. The Bertz CT molecular complexity index is 1050. The molecule has 0 unspecified atom stereocenters. The molecule has 0 aromatic heterocycles. The number of hydrogen-bond acceptors (Lipinski definition) is 3. The zero-order valence-corrected chi connectivity index (χ0v) is 16.4. The lowest BCUT2D eigenvalue weighted by Gasteiger charge is -2.09. The third-order valence-corrected chi connectivity index (χ3v) is 6.58. The van der Waals surface area contributed by atoms with Crippen molar-refractivity contribution in [3.63, 3.8) is 0 Å². The number of esters is 1. The van der Waals surface area contributed by atoms with E-state index < -0.39 is 5.97 Å². The van der Waals surface area contributed by atoms with Crippen molar-refractivity contribution in [3.05, 3.63) is 115 Å². The van der Waals surface area contributed by atoms with Gasteiger partial charge < -0.3 is 9.84 Å². The molecular formula is C25H19O3S+. The van der Waals surface area contributed by atoms with E-state index in [1.54, 1.807) is 24.3 Å². The average Bonchev–Trinajstić information content (AvgIpc) is 2.77. The van der Waals surface area contributed by atoms with Crippen LogP contribution >= 0.6 is 0 Å². The molecule has 29 heavy (non-hydrogen) atoms. The van der Waals surface area contributed by atoms with Crippen LogP contribution in [0.3, 0.4) is 0 Å². The maximum Gasteiger partial charge on any atom is 0.347 e. The van der Waals surface area contributed by atoms with Crippen molar-refractivity contribution in [2.45, 2.75) is 14.7 Å². The Hall–Kier alpha value is -3.50. The topological polar surface area (TPSA) is 46.5 Å². The van der Waals surface area contributed by atoms with Gasteiger partial charge in [0.15, 0.2) is 14.7 Å². The molecule has 0 heterocycles. The van der Waals surface area contributed by atoms with E-state index in [0.717, 1.165) is 4.90 Å². The summed E-state index contributed by atoms with van der Waals surface area (Å²) in [6.07, 6.45) is 0. The van der Waals surface area contributed by atoms with Crippen molar-refractivity contribution in [3.8, 4) is 11.5 Å². The van der Waals surface area contributed by atoms with Crippen LogP contribution in [0.15, 0.2) is 124 Å². The van der Waals surface area contributed by atoms with Gasteiger partial charge in [-0.3, -0.25) is 0 Å². The fourth-order valence-corrected chi connectivity index (χ4v) is 5.06. The van der Waals surface area contributed by atoms with Gasteiger partial charge in [0.1, 0.15) is 17.1 Å². The third-order valence-electron chi connectivity index (χ3n) is 4.35. The predicted octanol–water partition coefficient (Wildman–Crippen LogP) is 5.71. The number of benzene rings is 4. The Labute approximate surface area is 172 Å². The molecule has 4 aromatic rings. The summed E-state index contributed by atoms with van der Waals surface area (Å²) in [6.45, 7) is 0. The molecule has 0 bridgehead atoms. The molecule has 0 aliphatic rings. The number of hydrogen-bond donors (Lipinski definition) is 1. The first kappa shape index (κ1) is 18.8. The number of phenolic OH excluding ortho intramolecular Hbond substituents is 1. The second kappa shape index (κ2) is 8.67. The molecule has 3 nitrogen and oxygen atoms in total. The minimum atomic E-state index is -0.582. The van der Waals surface area contributed by atoms with Gasteiger partial charge in [0.2, 0.25) is 0 Å². The van der Waals surface area contributed by atoms with Crippen molar-refractivity contribution in [1.82, 2.24) is 0 Å². The molecule has 4 rings (SSSR count). The van der Waals surface area contributed by atoms with Crippen LogP contribution in [-0.4, -0.2) is 11.1 Å². The summed E-state index contributed by atoms with van der Waals surface area (Å²) in [4.78, 5) is 15.9. The molecule has 1 N–H and O–H groups in total. The van der Waals surface area contributed by atoms with E-state index in [1.165, 1.54) is 21.9 Å². The predicted molar refractivity (Wildman–Crippen MR) is 115 cm³/mol. The van der Waals surface area contributed by atoms with Gasteiger partial charge in [-0.05, 0) is 60.7 Å². The highest BCUT2D eigenvalue weighted by molar-refractivity contribution is 7.97. The molecular weight excluding hydrogens is 380 g/mol. The molecule has 0 saturated carbocycles. The number of aromatic hydroxyl groups is 1. The van der Waals surface area contributed by atoms with Gasteiger partial charge in [-0.2, -0.15) is 0 Å². The van der Waals surface area contributed by atoms with Crippen LogP contribution in [0.2, 0.25) is 0 Å². The molecule has 4 heteroatoms. The summed E-state index contributed by atoms with van der Waals surface area (Å²) in [5.74, 6) is -0.239. The lowest BCUT2D eigenvalue weighted by Crippen LogP contribution is -2.09. The summed E-state index contributed by atoms with van der Waals surface area (Å²) in [5.41, 5.74) is 0.143. The number of phenols is 1. The third kappa shape index (κ3) is 4.33.